The molecule has 0 N–H and O–H groups in total. The molecule has 0 radical (unpaired) electrons. The largest absolute Gasteiger partial charge is 0.297 e. The van der Waals surface area contributed by atoms with Gasteiger partial charge in [-0.2, -0.15) is 0 Å². The zero-order valence-electron chi connectivity index (χ0n) is 20.3. The lowest BCUT2D eigenvalue weighted by Crippen LogP contribution is -2.46. The lowest BCUT2D eigenvalue weighted by Gasteiger charge is -2.34. The maximum absolute atomic E-state index is 4.28. The van der Waals surface area contributed by atoms with Gasteiger partial charge in [0.25, 0.3) is 0 Å². The van der Waals surface area contributed by atoms with Crippen LogP contribution in [0.3, 0.4) is 0 Å². The van der Waals surface area contributed by atoms with Crippen molar-refractivity contribution in [3.63, 3.8) is 0 Å². The maximum Gasteiger partial charge on any atom is 0.0191 e. The molecule has 0 aliphatic carbocycles. The quantitative estimate of drug-likeness (QED) is 0.466. The van der Waals surface area contributed by atoms with Gasteiger partial charge in [-0.1, -0.05) is 63.3 Å². The average Bonchev–Trinajstić information content (AvgIpc) is 2.74. The Bertz CT molecular complexity index is 505. The van der Waals surface area contributed by atoms with E-state index in [9.17, 15) is 0 Å². The van der Waals surface area contributed by atoms with E-state index in [1.807, 2.05) is 6.08 Å². The molecule has 1 aliphatic rings. The first-order chi connectivity index (χ1) is 14.4. The van der Waals surface area contributed by atoms with Gasteiger partial charge in [0.1, 0.15) is 0 Å². The second-order valence-corrected chi connectivity index (χ2v) is 8.73. The number of hydrogen-bond acceptors (Lipinski definition) is 4. The summed E-state index contributed by atoms with van der Waals surface area (Å²) in [6.45, 7) is 36.0. The average molecular weight is 417 g/mol. The number of nitrogens with zero attached hydrogens (tertiary/aromatic N) is 4. The summed E-state index contributed by atoms with van der Waals surface area (Å²) in [6.07, 6.45) is 5.20. The first-order valence-electron chi connectivity index (χ1n) is 11.9. The highest BCUT2D eigenvalue weighted by Gasteiger charge is 2.17. The zero-order chi connectivity index (χ0) is 22.4. The molecule has 0 amide bonds. The molecular formula is C26H48N4. The molecule has 4 heteroatoms. The molecular weight excluding hydrogens is 368 g/mol. The highest BCUT2D eigenvalue weighted by molar-refractivity contribution is 4.99. The molecule has 1 fully saturated rings. The van der Waals surface area contributed by atoms with Crippen LogP contribution < -0.4 is 0 Å². The van der Waals surface area contributed by atoms with Crippen LogP contribution in [0.4, 0.5) is 0 Å². The minimum Gasteiger partial charge on any atom is -0.297 e. The zero-order valence-corrected chi connectivity index (χ0v) is 20.3. The van der Waals surface area contributed by atoms with Crippen LogP contribution in [-0.4, -0.2) is 98.1 Å². The standard InChI is InChI=1S/C26H48N4/c1-8-12-27-13-15-28(21-24(5)9-2)17-19-30(23-26(7)11-4)20-18-29(16-14-27)22-25(6)10-3/h8H,1,5-7,9-23H2,2-4H3. The molecule has 1 heterocycles. The van der Waals surface area contributed by atoms with E-state index in [0.717, 1.165) is 97.8 Å². The highest BCUT2D eigenvalue weighted by Crippen LogP contribution is 2.08. The van der Waals surface area contributed by atoms with E-state index in [1.54, 1.807) is 0 Å². The highest BCUT2D eigenvalue weighted by atomic mass is 15.3. The Morgan fingerprint density at radius 1 is 0.567 bits per heavy atom. The molecule has 1 aliphatic heterocycles. The van der Waals surface area contributed by atoms with Crippen molar-refractivity contribution in [1.29, 1.82) is 0 Å². The van der Waals surface area contributed by atoms with E-state index in [0.29, 0.717) is 0 Å². The summed E-state index contributed by atoms with van der Waals surface area (Å²) in [5, 5.41) is 0. The molecule has 0 aromatic carbocycles. The van der Waals surface area contributed by atoms with Gasteiger partial charge < -0.3 is 0 Å². The van der Waals surface area contributed by atoms with Crippen molar-refractivity contribution in [3.05, 3.63) is 49.1 Å². The summed E-state index contributed by atoms with van der Waals surface area (Å²) in [5.41, 5.74) is 3.98. The van der Waals surface area contributed by atoms with Crippen LogP contribution in [0.2, 0.25) is 0 Å². The Morgan fingerprint density at radius 2 is 0.833 bits per heavy atom. The summed E-state index contributed by atoms with van der Waals surface area (Å²) in [7, 11) is 0. The Morgan fingerprint density at radius 3 is 1.07 bits per heavy atom. The predicted octanol–water partition coefficient (Wildman–Crippen LogP) is 4.29. The molecule has 4 nitrogen and oxygen atoms in total. The smallest absolute Gasteiger partial charge is 0.0191 e. The second-order valence-electron chi connectivity index (χ2n) is 8.73. The molecule has 0 saturated carbocycles. The molecule has 1 rings (SSSR count). The first kappa shape index (κ1) is 26.8. The van der Waals surface area contributed by atoms with Crippen LogP contribution in [0.15, 0.2) is 49.1 Å². The van der Waals surface area contributed by atoms with Crippen molar-refractivity contribution in [2.75, 3.05) is 78.5 Å². The van der Waals surface area contributed by atoms with Crippen LogP contribution in [0.25, 0.3) is 0 Å². The monoisotopic (exact) mass is 416 g/mol. The van der Waals surface area contributed by atoms with Gasteiger partial charge in [-0.3, -0.25) is 19.6 Å². The summed E-state index contributed by atoms with van der Waals surface area (Å²) < 4.78 is 0. The van der Waals surface area contributed by atoms with E-state index < -0.39 is 0 Å². The Balaban J connectivity index is 2.92. The van der Waals surface area contributed by atoms with Crippen LogP contribution in [0.5, 0.6) is 0 Å². The minimum absolute atomic E-state index is 0.952. The van der Waals surface area contributed by atoms with Crippen molar-refractivity contribution in [2.24, 2.45) is 0 Å². The van der Waals surface area contributed by atoms with Crippen molar-refractivity contribution in [3.8, 4) is 0 Å². The Labute approximate surface area is 187 Å². The fourth-order valence-electron chi connectivity index (χ4n) is 3.70. The van der Waals surface area contributed by atoms with E-state index >= 15 is 0 Å². The molecule has 0 atom stereocenters. The van der Waals surface area contributed by atoms with Gasteiger partial charge in [-0.25, -0.2) is 0 Å². The summed E-state index contributed by atoms with van der Waals surface area (Å²) >= 11 is 0. The SMILES string of the molecule is C=CCN1CCN(CC(=C)CC)CCN(CC(=C)CC)CCN(CC(=C)CC)CC1. The van der Waals surface area contributed by atoms with Crippen LogP contribution in [0, 0.1) is 0 Å². The van der Waals surface area contributed by atoms with E-state index in [2.05, 4.69) is 66.7 Å². The van der Waals surface area contributed by atoms with Gasteiger partial charge in [0.15, 0.2) is 0 Å². The van der Waals surface area contributed by atoms with Gasteiger partial charge in [-0.05, 0) is 19.3 Å². The van der Waals surface area contributed by atoms with E-state index in [4.69, 9.17) is 0 Å². The summed E-state index contributed by atoms with van der Waals surface area (Å²) in [6, 6.07) is 0. The normalized spacial score (nSPS) is 19.0. The fraction of sp³-hybridized carbons (Fsp3) is 0.692. The van der Waals surface area contributed by atoms with Crippen molar-refractivity contribution < 1.29 is 0 Å². The molecule has 0 unspecified atom stereocenters. The van der Waals surface area contributed by atoms with Gasteiger partial charge in [0, 0.05) is 78.5 Å². The van der Waals surface area contributed by atoms with Crippen molar-refractivity contribution in [1.82, 2.24) is 19.6 Å². The third-order valence-electron chi connectivity index (χ3n) is 6.16. The van der Waals surface area contributed by atoms with Crippen LogP contribution in [0.1, 0.15) is 40.0 Å². The first-order valence-corrected chi connectivity index (χ1v) is 11.9. The van der Waals surface area contributed by atoms with Gasteiger partial charge in [0.05, 0.1) is 0 Å². The fourth-order valence-corrected chi connectivity index (χ4v) is 3.70. The molecule has 172 valence electrons. The van der Waals surface area contributed by atoms with Crippen LogP contribution >= 0.6 is 0 Å². The topological polar surface area (TPSA) is 13.0 Å². The van der Waals surface area contributed by atoms with Gasteiger partial charge >= 0.3 is 0 Å². The van der Waals surface area contributed by atoms with Crippen LogP contribution in [-0.2, 0) is 0 Å². The summed E-state index contributed by atoms with van der Waals surface area (Å²) in [5.74, 6) is 0. The van der Waals surface area contributed by atoms with E-state index in [1.165, 1.54) is 16.7 Å². The Kier molecular flexibility index (Phi) is 13.9. The third kappa shape index (κ3) is 11.3. The maximum atomic E-state index is 4.28. The lowest BCUT2D eigenvalue weighted by molar-refractivity contribution is 0.149. The molecule has 0 spiro atoms. The number of hydrogen-bond donors (Lipinski definition) is 0. The number of rotatable bonds is 11. The predicted molar refractivity (Wildman–Crippen MR) is 134 cm³/mol. The third-order valence-corrected chi connectivity index (χ3v) is 6.16. The van der Waals surface area contributed by atoms with E-state index in [-0.39, 0.29) is 0 Å². The molecule has 1 saturated heterocycles. The molecule has 0 aromatic rings. The lowest BCUT2D eigenvalue weighted by atomic mass is 10.2. The minimum atomic E-state index is 0.952. The summed E-state index contributed by atoms with van der Waals surface area (Å²) in [4.78, 5) is 10.3. The van der Waals surface area contributed by atoms with Gasteiger partial charge in [-0.15, -0.1) is 6.58 Å². The van der Waals surface area contributed by atoms with Crippen molar-refractivity contribution in [2.45, 2.75) is 40.0 Å². The molecule has 0 aromatic heterocycles. The Hall–Kier alpha value is -1.20. The van der Waals surface area contributed by atoms with Crippen molar-refractivity contribution >= 4 is 0 Å². The molecule has 30 heavy (non-hydrogen) atoms. The molecule has 0 bridgehead atoms. The second kappa shape index (κ2) is 15.6. The van der Waals surface area contributed by atoms with Gasteiger partial charge in [0.2, 0.25) is 0 Å².